The zero-order chi connectivity index (χ0) is 27.8. The fourth-order valence-corrected chi connectivity index (χ4v) is 5.64. The van der Waals surface area contributed by atoms with Crippen molar-refractivity contribution in [1.29, 1.82) is 0 Å². The molecule has 1 aliphatic rings. The van der Waals surface area contributed by atoms with Gasteiger partial charge in [-0.25, -0.2) is 14.6 Å². The van der Waals surface area contributed by atoms with E-state index >= 15 is 0 Å². The van der Waals surface area contributed by atoms with Crippen molar-refractivity contribution in [3.63, 3.8) is 0 Å². The monoisotopic (exact) mass is 562 g/mol. The highest BCUT2D eigenvalue weighted by atomic mass is 35.5. The van der Waals surface area contributed by atoms with Crippen LogP contribution in [0.1, 0.15) is 47.1 Å². The maximum absolute atomic E-state index is 13.7. The minimum absolute atomic E-state index is 0.0736. The van der Waals surface area contributed by atoms with Crippen LogP contribution in [-0.4, -0.2) is 28.2 Å². The summed E-state index contributed by atoms with van der Waals surface area (Å²) in [7, 11) is 0. The van der Waals surface area contributed by atoms with Gasteiger partial charge in [-0.15, -0.1) is 0 Å². The summed E-state index contributed by atoms with van der Waals surface area (Å²) in [4.78, 5) is 43.1. The Morgan fingerprint density at radius 2 is 1.90 bits per heavy atom. The van der Waals surface area contributed by atoms with Crippen LogP contribution >= 0.6 is 22.9 Å². The Labute approximate surface area is 231 Å². The molecule has 4 aromatic rings. The molecule has 0 radical (unpaired) electrons. The van der Waals surface area contributed by atoms with Crippen LogP contribution in [0.3, 0.4) is 0 Å². The largest absolute Gasteiger partial charge is 0.478 e. The predicted molar refractivity (Wildman–Crippen MR) is 148 cm³/mol. The molecule has 0 aliphatic carbocycles. The van der Waals surface area contributed by atoms with Gasteiger partial charge in [-0.05, 0) is 56.7 Å². The van der Waals surface area contributed by atoms with Crippen LogP contribution in [0.4, 0.5) is 0 Å². The average Bonchev–Trinajstić information content (AvgIpc) is 3.48. The quantitative estimate of drug-likeness (QED) is 0.340. The van der Waals surface area contributed by atoms with Gasteiger partial charge >= 0.3 is 11.9 Å². The normalized spacial score (nSPS) is 15.2. The van der Waals surface area contributed by atoms with Gasteiger partial charge in [0.15, 0.2) is 4.80 Å². The van der Waals surface area contributed by atoms with Crippen LogP contribution in [0.2, 0.25) is 5.02 Å². The zero-order valence-corrected chi connectivity index (χ0v) is 22.8. The minimum atomic E-state index is -1.08. The van der Waals surface area contributed by atoms with Crippen molar-refractivity contribution in [3.05, 3.63) is 113 Å². The first kappa shape index (κ1) is 26.4. The number of halogens is 1. The van der Waals surface area contributed by atoms with E-state index in [0.29, 0.717) is 42.7 Å². The van der Waals surface area contributed by atoms with E-state index in [9.17, 15) is 19.5 Å². The van der Waals surface area contributed by atoms with Crippen LogP contribution in [0.5, 0.6) is 0 Å². The maximum Gasteiger partial charge on any atom is 0.338 e. The van der Waals surface area contributed by atoms with Crippen LogP contribution in [0.25, 0.3) is 17.4 Å². The summed E-state index contributed by atoms with van der Waals surface area (Å²) in [5.74, 6) is -0.864. The van der Waals surface area contributed by atoms with E-state index in [1.54, 1.807) is 32.1 Å². The molecule has 0 spiro atoms. The second-order valence-corrected chi connectivity index (χ2v) is 10.3. The number of hydrogen-bond donors (Lipinski definition) is 1. The van der Waals surface area contributed by atoms with Crippen molar-refractivity contribution in [2.75, 3.05) is 6.61 Å². The summed E-state index contributed by atoms with van der Waals surface area (Å²) in [6.07, 6.45) is 1.60. The van der Waals surface area contributed by atoms with Crippen molar-refractivity contribution in [2.45, 2.75) is 26.8 Å². The number of benzene rings is 2. The Morgan fingerprint density at radius 3 is 2.59 bits per heavy atom. The number of aromatic nitrogens is 1. The lowest BCUT2D eigenvalue weighted by atomic mass is 9.95. The molecule has 2 aromatic carbocycles. The van der Waals surface area contributed by atoms with Crippen molar-refractivity contribution in [2.24, 2.45) is 4.99 Å². The summed E-state index contributed by atoms with van der Waals surface area (Å²) in [5, 5.41) is 9.65. The number of furan rings is 1. The highest BCUT2D eigenvalue weighted by Gasteiger charge is 2.33. The highest BCUT2D eigenvalue weighted by Crippen LogP contribution is 2.32. The molecular weight excluding hydrogens is 540 g/mol. The predicted octanol–water partition coefficient (Wildman–Crippen LogP) is 4.72. The third kappa shape index (κ3) is 4.98. The van der Waals surface area contributed by atoms with Gasteiger partial charge in [-0.2, -0.15) is 0 Å². The lowest BCUT2D eigenvalue weighted by Gasteiger charge is -2.24. The smallest absolute Gasteiger partial charge is 0.338 e. The van der Waals surface area contributed by atoms with Crippen LogP contribution in [-0.2, 0) is 9.53 Å². The number of aromatic carboxylic acids is 1. The third-order valence-corrected chi connectivity index (χ3v) is 7.60. The number of nitrogens with zero attached hydrogens (tertiary/aromatic N) is 2. The first-order valence-corrected chi connectivity index (χ1v) is 13.3. The molecule has 1 N–H and O–H groups in total. The molecular formula is C29H23ClN2O6S. The number of carboxylic acids is 1. The molecule has 0 saturated carbocycles. The van der Waals surface area contributed by atoms with Gasteiger partial charge < -0.3 is 14.3 Å². The Morgan fingerprint density at radius 1 is 1.15 bits per heavy atom. The lowest BCUT2D eigenvalue weighted by molar-refractivity contribution is -0.139. The molecule has 0 saturated heterocycles. The molecule has 8 nitrogen and oxygen atoms in total. The van der Waals surface area contributed by atoms with Crippen LogP contribution in [0.15, 0.2) is 80.1 Å². The molecule has 5 rings (SSSR count). The number of fused-ring (bicyclic) bond motifs is 1. The number of ether oxygens (including phenoxy) is 1. The molecule has 10 heteroatoms. The third-order valence-electron chi connectivity index (χ3n) is 6.29. The Bertz CT molecular complexity index is 1830. The number of carbonyl (C=O) groups is 2. The topological polar surface area (TPSA) is 111 Å². The number of aryl methyl sites for hydroxylation is 1. The summed E-state index contributed by atoms with van der Waals surface area (Å²) in [6.45, 7) is 5.62. The SMILES string of the molecule is CCOC(=O)C1=C(C)N=c2s/c(=C\c3ccc(-c4cc(C(=O)O)ccc4Cl)o3)c(=O)n2[C@@H]1c1ccc(C)cc1. The van der Waals surface area contributed by atoms with E-state index in [1.165, 1.54) is 34.1 Å². The van der Waals surface area contributed by atoms with Gasteiger partial charge in [0.2, 0.25) is 0 Å². The summed E-state index contributed by atoms with van der Waals surface area (Å²) < 4.78 is 13.1. The van der Waals surface area contributed by atoms with Crippen molar-refractivity contribution >= 4 is 41.0 Å². The first-order valence-electron chi connectivity index (χ1n) is 12.1. The highest BCUT2D eigenvalue weighted by molar-refractivity contribution is 7.07. The van der Waals surface area contributed by atoms with E-state index in [0.717, 1.165) is 11.1 Å². The van der Waals surface area contributed by atoms with E-state index in [1.807, 2.05) is 31.2 Å². The van der Waals surface area contributed by atoms with Gasteiger partial charge in [0.1, 0.15) is 11.5 Å². The van der Waals surface area contributed by atoms with Gasteiger partial charge in [-0.1, -0.05) is 52.8 Å². The lowest BCUT2D eigenvalue weighted by Crippen LogP contribution is -2.39. The summed E-state index contributed by atoms with van der Waals surface area (Å²) in [5.41, 5.74) is 2.78. The second kappa shape index (κ2) is 10.5. The fraction of sp³-hybridized carbons (Fsp3) is 0.172. The second-order valence-electron chi connectivity index (χ2n) is 8.91. The standard InChI is InChI=1S/C29H23ClN2O6S/c1-4-37-28(36)24-16(3)31-29-32(25(24)17-7-5-15(2)6-8-17)26(33)23(39-29)14-19-10-12-22(38-19)20-13-18(27(34)35)9-11-21(20)30/h5-14,25H,4H2,1-3H3,(H,34,35)/b23-14-/t25-/m1/s1. The molecule has 39 heavy (non-hydrogen) atoms. The Hall–Kier alpha value is -4.21. The van der Waals surface area contributed by atoms with Crippen molar-refractivity contribution < 1.29 is 23.8 Å². The average molecular weight is 563 g/mol. The Balaban J connectivity index is 1.62. The van der Waals surface area contributed by atoms with E-state index in [-0.39, 0.29) is 17.7 Å². The summed E-state index contributed by atoms with van der Waals surface area (Å²) >= 11 is 7.47. The number of rotatable bonds is 6. The molecule has 1 atom stereocenters. The number of thiazole rings is 1. The fourth-order valence-electron chi connectivity index (χ4n) is 4.41. The van der Waals surface area contributed by atoms with Gasteiger partial charge in [0.25, 0.3) is 5.56 Å². The molecule has 198 valence electrons. The molecule has 2 aromatic heterocycles. The molecule has 1 aliphatic heterocycles. The van der Waals surface area contributed by atoms with Crippen molar-refractivity contribution in [3.8, 4) is 11.3 Å². The number of allylic oxidation sites excluding steroid dienone is 1. The molecule has 0 fully saturated rings. The Kier molecular flexibility index (Phi) is 7.12. The van der Waals surface area contributed by atoms with Crippen molar-refractivity contribution in [1.82, 2.24) is 4.57 Å². The van der Waals surface area contributed by atoms with Gasteiger partial charge in [0.05, 0.1) is 39.0 Å². The zero-order valence-electron chi connectivity index (χ0n) is 21.2. The number of carboxylic acid groups (broad SMARTS) is 1. The number of hydrogen-bond acceptors (Lipinski definition) is 7. The number of carbonyl (C=O) groups excluding carboxylic acids is 1. The maximum atomic E-state index is 13.7. The van der Waals surface area contributed by atoms with Gasteiger partial charge in [0, 0.05) is 11.6 Å². The molecule has 3 heterocycles. The number of esters is 1. The molecule has 0 bridgehead atoms. The van der Waals surface area contributed by atoms with E-state index in [4.69, 9.17) is 20.8 Å². The van der Waals surface area contributed by atoms with E-state index in [2.05, 4.69) is 4.99 Å². The van der Waals surface area contributed by atoms with E-state index < -0.39 is 18.0 Å². The minimum Gasteiger partial charge on any atom is -0.478 e. The first-order chi connectivity index (χ1) is 18.7. The van der Waals surface area contributed by atoms with Gasteiger partial charge in [-0.3, -0.25) is 9.36 Å². The molecule has 0 unspecified atom stereocenters. The van der Waals surface area contributed by atoms with Crippen LogP contribution in [0, 0.1) is 6.92 Å². The van der Waals surface area contributed by atoms with Crippen LogP contribution < -0.4 is 14.9 Å². The molecule has 0 amide bonds. The summed E-state index contributed by atoms with van der Waals surface area (Å²) in [6, 6.07) is 14.6.